The molecule has 0 spiro atoms. The van der Waals surface area contributed by atoms with Gasteiger partial charge in [0.25, 0.3) is 0 Å². The van der Waals surface area contributed by atoms with Crippen molar-refractivity contribution in [3.63, 3.8) is 0 Å². The Morgan fingerprint density at radius 3 is 3.00 bits per heavy atom. The summed E-state index contributed by atoms with van der Waals surface area (Å²) >= 11 is 0. The number of nitrogens with zero attached hydrogens (tertiary/aromatic N) is 1. The molecule has 2 aromatic rings. The van der Waals surface area contributed by atoms with Gasteiger partial charge >= 0.3 is 0 Å². The summed E-state index contributed by atoms with van der Waals surface area (Å²) in [5.74, 6) is 0. The van der Waals surface area contributed by atoms with Crippen LogP contribution in [0, 0.1) is 0 Å². The maximum absolute atomic E-state index is 10.0. The quantitative estimate of drug-likeness (QED) is 0.610. The topological polar surface area (TPSA) is 81.2 Å². The fourth-order valence-corrected chi connectivity index (χ4v) is 1.81. The van der Waals surface area contributed by atoms with Crippen LogP contribution in [0.2, 0.25) is 0 Å². The van der Waals surface area contributed by atoms with E-state index >= 15 is 0 Å². The van der Waals surface area contributed by atoms with Crippen molar-refractivity contribution in [3.05, 3.63) is 30.1 Å². The number of H-pyrrole nitrogens is 1. The normalized spacial score (nSPS) is 15.0. The van der Waals surface area contributed by atoms with Crippen molar-refractivity contribution in [3.8, 4) is 0 Å². The summed E-state index contributed by atoms with van der Waals surface area (Å²) in [5, 5.41) is 22.8. The fourth-order valence-electron chi connectivity index (χ4n) is 1.81. The van der Waals surface area contributed by atoms with Crippen LogP contribution in [0.25, 0.3) is 11.0 Å². The van der Waals surface area contributed by atoms with Gasteiger partial charge in [0.05, 0.1) is 23.5 Å². The number of hydrogen-bond donors (Lipinski definition) is 4. The summed E-state index contributed by atoms with van der Waals surface area (Å²) < 4.78 is 0. The Hall–Kier alpha value is -1.43. The summed E-state index contributed by atoms with van der Waals surface area (Å²) in [7, 11) is 1.82. The molecule has 4 N–H and O–H groups in total. The van der Waals surface area contributed by atoms with Gasteiger partial charge in [-0.25, -0.2) is 4.98 Å². The zero-order valence-corrected chi connectivity index (χ0v) is 9.72. The van der Waals surface area contributed by atoms with Gasteiger partial charge < -0.3 is 20.5 Å². The number of imidazole rings is 1. The maximum atomic E-state index is 10.0. The van der Waals surface area contributed by atoms with Gasteiger partial charge in [-0.3, -0.25) is 0 Å². The number of rotatable bonds is 5. The number of hydrogen-bond acceptors (Lipinski definition) is 4. The average molecular weight is 235 g/mol. The minimum absolute atomic E-state index is 0.513. The second-order valence-corrected chi connectivity index (χ2v) is 4.08. The van der Waals surface area contributed by atoms with Crippen molar-refractivity contribution in [1.29, 1.82) is 0 Å². The number of aliphatic hydroxyl groups is 2. The van der Waals surface area contributed by atoms with Gasteiger partial charge in [0.15, 0.2) is 0 Å². The first kappa shape index (κ1) is 12.0. The highest BCUT2D eigenvalue weighted by Gasteiger charge is 2.18. The highest BCUT2D eigenvalue weighted by atomic mass is 16.3. The Bertz CT molecular complexity index is 483. The highest BCUT2D eigenvalue weighted by molar-refractivity contribution is 5.75. The molecule has 1 heterocycles. The van der Waals surface area contributed by atoms with Crippen LogP contribution in [0.15, 0.2) is 24.5 Å². The monoisotopic (exact) mass is 235 g/mol. The molecule has 2 rings (SSSR count). The molecule has 5 heteroatoms. The van der Waals surface area contributed by atoms with Crippen molar-refractivity contribution in [1.82, 2.24) is 15.3 Å². The maximum Gasteiger partial charge on any atom is 0.105 e. The van der Waals surface area contributed by atoms with Crippen molar-refractivity contribution >= 4 is 11.0 Å². The lowest BCUT2D eigenvalue weighted by molar-refractivity contribution is 0.0141. The van der Waals surface area contributed by atoms with Crippen molar-refractivity contribution in [2.45, 2.75) is 18.6 Å². The van der Waals surface area contributed by atoms with E-state index in [9.17, 15) is 10.2 Å². The molecule has 0 aliphatic carbocycles. The minimum atomic E-state index is -0.865. The van der Waals surface area contributed by atoms with Gasteiger partial charge in [-0.15, -0.1) is 0 Å². The Labute approximate surface area is 99.5 Å². The predicted octanol–water partition coefficient (Wildman–Crippen LogP) is 0.567. The second kappa shape index (κ2) is 5.27. The molecule has 0 saturated heterocycles. The molecule has 2 atom stereocenters. The van der Waals surface area contributed by atoms with E-state index in [1.54, 1.807) is 12.4 Å². The Morgan fingerprint density at radius 2 is 2.24 bits per heavy atom. The van der Waals surface area contributed by atoms with E-state index in [1.165, 1.54) is 0 Å². The van der Waals surface area contributed by atoms with Crippen LogP contribution in [0.5, 0.6) is 0 Å². The van der Waals surface area contributed by atoms with E-state index in [0.717, 1.165) is 11.0 Å². The molecule has 0 fully saturated rings. The molecule has 0 aliphatic heterocycles. The molecule has 1 aromatic heterocycles. The van der Waals surface area contributed by atoms with Crippen LogP contribution >= 0.6 is 0 Å². The van der Waals surface area contributed by atoms with Crippen LogP contribution in [-0.4, -0.2) is 39.9 Å². The lowest BCUT2D eigenvalue weighted by atomic mass is 10.0. The molecular weight excluding hydrogens is 218 g/mol. The van der Waals surface area contributed by atoms with E-state index < -0.39 is 12.2 Å². The van der Waals surface area contributed by atoms with Crippen molar-refractivity contribution < 1.29 is 10.2 Å². The molecule has 0 saturated carbocycles. The number of fused-ring (bicyclic) bond motifs is 1. The van der Waals surface area contributed by atoms with Crippen LogP contribution < -0.4 is 5.32 Å². The zero-order valence-electron chi connectivity index (χ0n) is 9.72. The number of benzene rings is 1. The standard InChI is InChI=1S/C12H17N3O2/c1-13-5-4-11(16)12(17)8-2-3-9-10(6-8)15-7-14-9/h2-3,6-7,11-13,16-17H,4-5H2,1H3,(H,14,15). The van der Waals surface area contributed by atoms with Gasteiger partial charge in [0, 0.05) is 0 Å². The summed E-state index contributed by atoms with van der Waals surface area (Å²) in [6.07, 6.45) is 0.496. The average Bonchev–Trinajstić information content (AvgIpc) is 2.81. The third-order valence-electron chi connectivity index (χ3n) is 2.84. The Kier molecular flexibility index (Phi) is 3.73. The molecule has 0 amide bonds. The van der Waals surface area contributed by atoms with Gasteiger partial charge in [-0.2, -0.15) is 0 Å². The molecule has 2 unspecified atom stereocenters. The van der Waals surface area contributed by atoms with Gasteiger partial charge in [0.2, 0.25) is 0 Å². The third-order valence-corrected chi connectivity index (χ3v) is 2.84. The van der Waals surface area contributed by atoms with Gasteiger partial charge in [-0.1, -0.05) is 6.07 Å². The molecular formula is C12H17N3O2. The minimum Gasteiger partial charge on any atom is -0.390 e. The number of aromatic amines is 1. The molecule has 0 bridgehead atoms. The summed E-state index contributed by atoms with van der Waals surface area (Å²) in [6, 6.07) is 5.43. The lowest BCUT2D eigenvalue weighted by Gasteiger charge is -2.17. The second-order valence-electron chi connectivity index (χ2n) is 4.08. The van der Waals surface area contributed by atoms with E-state index in [2.05, 4.69) is 15.3 Å². The van der Waals surface area contributed by atoms with Crippen LogP contribution in [-0.2, 0) is 0 Å². The lowest BCUT2D eigenvalue weighted by Crippen LogP contribution is -2.23. The van der Waals surface area contributed by atoms with Gasteiger partial charge in [-0.05, 0) is 37.7 Å². The summed E-state index contributed by atoms with van der Waals surface area (Å²) in [6.45, 7) is 0.671. The van der Waals surface area contributed by atoms with E-state index in [0.29, 0.717) is 18.5 Å². The Balaban J connectivity index is 2.14. The fraction of sp³-hybridized carbons (Fsp3) is 0.417. The number of nitrogens with one attached hydrogen (secondary N) is 2. The molecule has 5 nitrogen and oxygen atoms in total. The first-order valence-electron chi connectivity index (χ1n) is 5.66. The Morgan fingerprint density at radius 1 is 1.41 bits per heavy atom. The molecule has 1 aromatic carbocycles. The zero-order chi connectivity index (χ0) is 12.3. The molecule has 0 radical (unpaired) electrons. The summed E-state index contributed by atoms with van der Waals surface area (Å²) in [5.41, 5.74) is 2.42. The predicted molar refractivity (Wildman–Crippen MR) is 65.6 cm³/mol. The van der Waals surface area contributed by atoms with E-state index in [4.69, 9.17) is 0 Å². The van der Waals surface area contributed by atoms with Crippen LogP contribution in [0.4, 0.5) is 0 Å². The number of aliphatic hydroxyl groups excluding tert-OH is 2. The molecule has 0 aliphatic rings. The largest absolute Gasteiger partial charge is 0.390 e. The van der Waals surface area contributed by atoms with Gasteiger partial charge in [0.1, 0.15) is 6.10 Å². The van der Waals surface area contributed by atoms with E-state index in [1.807, 2.05) is 19.2 Å². The smallest absolute Gasteiger partial charge is 0.105 e. The summed E-state index contributed by atoms with van der Waals surface area (Å²) in [4.78, 5) is 7.08. The SMILES string of the molecule is CNCCC(O)C(O)c1ccc2nc[nH]c2c1. The van der Waals surface area contributed by atoms with Crippen molar-refractivity contribution in [2.24, 2.45) is 0 Å². The molecule has 92 valence electrons. The highest BCUT2D eigenvalue weighted by Crippen LogP contribution is 2.21. The molecule has 17 heavy (non-hydrogen) atoms. The third kappa shape index (κ3) is 2.63. The first-order valence-corrected chi connectivity index (χ1v) is 5.66. The van der Waals surface area contributed by atoms with E-state index in [-0.39, 0.29) is 0 Å². The number of aromatic nitrogens is 2. The first-order chi connectivity index (χ1) is 8.22. The van der Waals surface area contributed by atoms with Crippen LogP contribution in [0.1, 0.15) is 18.1 Å². The van der Waals surface area contributed by atoms with Crippen LogP contribution in [0.3, 0.4) is 0 Å². The van der Waals surface area contributed by atoms with Crippen molar-refractivity contribution in [2.75, 3.05) is 13.6 Å².